The molecule has 1 aromatic rings. The summed E-state index contributed by atoms with van der Waals surface area (Å²) in [6.07, 6.45) is -0.226. The third kappa shape index (κ3) is 17.3. The number of carbonyl (C=O) groups is 11. The number of carbonyl (C=O) groups excluding carboxylic acids is 10. The number of carboxylic acids is 1. The van der Waals surface area contributed by atoms with Gasteiger partial charge in [-0.05, 0) is 39.7 Å². The number of carboxylic acid groups (broad SMARTS) is 1. The van der Waals surface area contributed by atoms with Crippen LogP contribution in [0.2, 0.25) is 0 Å². The van der Waals surface area contributed by atoms with Gasteiger partial charge in [0.1, 0.15) is 54.6 Å². The first kappa shape index (κ1) is 57.2. The van der Waals surface area contributed by atoms with Gasteiger partial charge in [-0.25, -0.2) is 20.6 Å². The van der Waals surface area contributed by atoms with Crippen LogP contribution in [0.4, 0.5) is 0 Å². The standard InChI is InChI=1S/C36H58N14O15S2/c1-16(54)27(33(61)45-23(14-66)36(64)65)46-30(58)20(9-18-11-39-15-40-18)42-31(59)22(12-52)44-29(57)19(5-3-4-7-37)41-32(60)25(13-53)49(38)35(63)24(6-8-51)50-34(62)21(10-26(55)47-48-50)43-28(56)17(2)67/h8,11,15-17,19-25,27,48,52-54,66-67H,3-7,9-10,12-14,37-38H2,1-2H3,(H,39,40)(H,41,60)(H,42,59)(H,43,56)(H,44,57)(H,45,61)(H,46,58)(H,47,55)(H,64,65)/t16-,17-,19+,20+,21+,22?,23+,24+,25?,27?/m1/s1. The molecule has 1 aliphatic heterocycles. The summed E-state index contributed by atoms with van der Waals surface area (Å²) in [4.78, 5) is 149. The summed E-state index contributed by atoms with van der Waals surface area (Å²) in [7, 11) is 0. The molecular formula is C36H58N14O15S2. The highest BCUT2D eigenvalue weighted by atomic mass is 32.1. The number of nitrogens with one attached hydrogen (secondary N) is 9. The largest absolute Gasteiger partial charge is 0.480 e. The van der Waals surface area contributed by atoms with Crippen LogP contribution in [0.25, 0.3) is 0 Å². The van der Waals surface area contributed by atoms with Gasteiger partial charge < -0.3 is 67.8 Å². The number of hydrazine groups is 3. The molecule has 0 spiro atoms. The van der Waals surface area contributed by atoms with E-state index in [2.05, 4.69) is 78.1 Å². The van der Waals surface area contributed by atoms with Gasteiger partial charge in [0.05, 0.1) is 43.0 Å². The molecule has 0 radical (unpaired) electrons. The monoisotopic (exact) mass is 990 g/mol. The van der Waals surface area contributed by atoms with E-state index < -0.39 is 145 Å². The number of aliphatic hydroxyl groups is 3. The lowest BCUT2D eigenvalue weighted by atomic mass is 10.1. The van der Waals surface area contributed by atoms with Gasteiger partial charge in [-0.15, -0.1) is 5.53 Å². The van der Waals surface area contributed by atoms with Crippen molar-refractivity contribution in [3.63, 3.8) is 0 Å². The van der Waals surface area contributed by atoms with E-state index >= 15 is 0 Å². The van der Waals surface area contributed by atoms with Crippen molar-refractivity contribution in [2.75, 3.05) is 25.5 Å². The van der Waals surface area contributed by atoms with Gasteiger partial charge in [0.2, 0.25) is 41.4 Å². The number of aromatic nitrogens is 2. The summed E-state index contributed by atoms with van der Waals surface area (Å²) in [5.74, 6) is -5.53. The summed E-state index contributed by atoms with van der Waals surface area (Å²) in [5, 5.41) is 53.4. The van der Waals surface area contributed by atoms with E-state index in [0.29, 0.717) is 11.4 Å². The number of aldehydes is 1. The van der Waals surface area contributed by atoms with E-state index in [-0.39, 0.29) is 48.5 Å². The fourth-order valence-electron chi connectivity index (χ4n) is 6.03. The molecule has 2 heterocycles. The number of hydrogen-bond acceptors (Lipinski definition) is 20. The molecule has 1 fully saturated rings. The summed E-state index contributed by atoms with van der Waals surface area (Å²) in [6, 6.07) is -13.8. The number of hydrogen-bond donors (Lipinski definition) is 17. The minimum Gasteiger partial charge on any atom is -0.480 e. The zero-order valence-electron chi connectivity index (χ0n) is 36.2. The van der Waals surface area contributed by atoms with Crippen LogP contribution in [-0.4, -0.2) is 191 Å². The molecule has 1 aromatic heterocycles. The molecule has 17 N–H and O–H groups in total. The van der Waals surface area contributed by atoms with Gasteiger partial charge in [-0.1, -0.05) is 0 Å². The Morgan fingerprint density at radius 1 is 0.910 bits per heavy atom. The van der Waals surface area contributed by atoms with Crippen LogP contribution in [0.1, 0.15) is 51.6 Å². The second kappa shape index (κ2) is 28.3. The highest BCUT2D eigenvalue weighted by molar-refractivity contribution is 7.81. The summed E-state index contributed by atoms with van der Waals surface area (Å²) in [6.45, 7) is 0.349. The fourth-order valence-corrected chi connectivity index (χ4v) is 6.35. The third-order valence-corrected chi connectivity index (χ3v) is 10.4. The number of nitrogens with two attached hydrogens (primary N) is 2. The molecular weight excluding hydrogens is 933 g/mol. The second-order valence-corrected chi connectivity index (χ2v) is 16.0. The Kier molecular flexibility index (Phi) is 24.1. The number of aromatic amines is 1. The number of rotatable bonds is 28. The average molecular weight is 991 g/mol. The molecule has 9 amide bonds. The number of aliphatic carboxylic acids is 1. The number of nitrogens with zero attached hydrogens (tertiary/aromatic N) is 3. The average Bonchev–Trinajstić information content (AvgIpc) is 3.75. The van der Waals surface area contributed by atoms with Crippen molar-refractivity contribution in [3.05, 3.63) is 18.2 Å². The molecule has 67 heavy (non-hydrogen) atoms. The van der Waals surface area contributed by atoms with Crippen molar-refractivity contribution >= 4 is 90.7 Å². The van der Waals surface area contributed by atoms with Gasteiger partial charge in [0, 0.05) is 24.8 Å². The third-order valence-electron chi connectivity index (χ3n) is 9.78. The molecule has 1 saturated heterocycles. The Morgan fingerprint density at radius 2 is 1.52 bits per heavy atom. The SMILES string of the molecule is C[C@@H](S)C(=O)N[C@H]1CC(=O)NNN([C@@H](CC=O)C(=O)N(N)C(CO)C(=O)N[C@@H](CCCCN)C(=O)NC(CO)C(=O)N[C@@H](Cc2c[nH]cn2)C(=O)NC(C(=O)N[C@@H](CS)C(=O)O)[C@@H](C)O)C1=O. The van der Waals surface area contributed by atoms with Gasteiger partial charge in [0.15, 0.2) is 0 Å². The number of imidazole rings is 1. The van der Waals surface area contributed by atoms with Crippen LogP contribution in [0.3, 0.4) is 0 Å². The molecule has 29 nitrogen and oxygen atoms in total. The highest BCUT2D eigenvalue weighted by Gasteiger charge is 2.42. The first-order valence-corrected chi connectivity index (χ1v) is 21.6. The lowest BCUT2D eigenvalue weighted by Crippen LogP contribution is -2.66. The van der Waals surface area contributed by atoms with Crippen molar-refractivity contribution in [2.24, 2.45) is 11.6 Å². The van der Waals surface area contributed by atoms with Crippen LogP contribution in [0, 0.1) is 0 Å². The molecule has 0 aromatic carbocycles. The number of H-pyrrole nitrogens is 1. The predicted octanol–water partition coefficient (Wildman–Crippen LogP) is -8.52. The number of amides is 9. The lowest BCUT2D eigenvalue weighted by Gasteiger charge is -2.34. The highest BCUT2D eigenvalue weighted by Crippen LogP contribution is 2.13. The van der Waals surface area contributed by atoms with Crippen LogP contribution < -0.4 is 54.4 Å². The zero-order valence-corrected chi connectivity index (χ0v) is 38.0. The maximum Gasteiger partial charge on any atom is 0.327 e. The first-order valence-electron chi connectivity index (χ1n) is 20.5. The van der Waals surface area contributed by atoms with Crippen LogP contribution in [0.5, 0.6) is 0 Å². The molecule has 31 heteroatoms. The van der Waals surface area contributed by atoms with E-state index in [9.17, 15) is 73.2 Å². The van der Waals surface area contributed by atoms with Gasteiger partial charge in [-0.3, -0.25) is 53.6 Å². The predicted molar refractivity (Wildman–Crippen MR) is 235 cm³/mol. The molecule has 10 atom stereocenters. The number of unbranched alkanes of at least 4 members (excludes halogenated alkanes) is 1. The fraction of sp³-hybridized carbons (Fsp3) is 0.611. The normalized spacial score (nSPS) is 17.8. The van der Waals surface area contributed by atoms with E-state index in [0.717, 1.165) is 6.92 Å². The Balaban J connectivity index is 2.34. The van der Waals surface area contributed by atoms with Gasteiger partial charge in [0.25, 0.3) is 11.8 Å². The molecule has 2 rings (SSSR count). The maximum absolute atomic E-state index is 13.8. The molecule has 374 valence electrons. The minimum absolute atomic E-state index is 0.140. The molecule has 1 aliphatic rings. The van der Waals surface area contributed by atoms with Crippen LogP contribution >= 0.6 is 25.3 Å². The minimum atomic E-state index is -2.03. The first-order chi connectivity index (χ1) is 31.6. The van der Waals surface area contributed by atoms with Crippen molar-refractivity contribution in [2.45, 2.75) is 112 Å². The quantitative estimate of drug-likeness (QED) is 0.00926. The molecule has 0 saturated carbocycles. The number of aliphatic hydroxyl groups excluding tert-OH is 3. The van der Waals surface area contributed by atoms with E-state index in [1.54, 1.807) is 0 Å². The summed E-state index contributed by atoms with van der Waals surface area (Å²) >= 11 is 7.86. The lowest BCUT2D eigenvalue weighted by molar-refractivity contribution is -0.156. The Bertz CT molecular complexity index is 1910. The van der Waals surface area contributed by atoms with E-state index in [1.165, 1.54) is 19.4 Å². The molecule has 3 unspecified atom stereocenters. The van der Waals surface area contributed by atoms with Gasteiger partial charge in [-0.2, -0.15) is 25.3 Å². The van der Waals surface area contributed by atoms with Crippen LogP contribution in [-0.2, 0) is 59.2 Å². The van der Waals surface area contributed by atoms with Crippen molar-refractivity contribution in [3.8, 4) is 0 Å². The summed E-state index contributed by atoms with van der Waals surface area (Å²) in [5.41, 5.74) is 10.1. The van der Waals surface area contributed by atoms with Crippen LogP contribution in [0.15, 0.2) is 12.5 Å². The zero-order chi connectivity index (χ0) is 50.5. The maximum atomic E-state index is 13.8. The molecule has 0 bridgehead atoms. The number of thiol groups is 2. The smallest absolute Gasteiger partial charge is 0.327 e. The Labute approximate surface area is 393 Å². The van der Waals surface area contributed by atoms with Crippen molar-refractivity contribution in [1.82, 2.24) is 62.8 Å². The molecule has 0 aliphatic carbocycles. The topological polar surface area (TPSA) is 452 Å². The van der Waals surface area contributed by atoms with E-state index in [4.69, 9.17) is 11.6 Å². The van der Waals surface area contributed by atoms with E-state index in [1.807, 2.05) is 0 Å². The summed E-state index contributed by atoms with van der Waals surface area (Å²) < 4.78 is 0. The van der Waals surface area contributed by atoms with Gasteiger partial charge >= 0.3 is 5.97 Å². The Hall–Kier alpha value is -5.96. The second-order valence-electron chi connectivity index (χ2n) is 14.9. The Morgan fingerprint density at radius 3 is 2.06 bits per heavy atom. The van der Waals surface area contributed by atoms with Crippen molar-refractivity contribution < 1.29 is 73.2 Å². The van der Waals surface area contributed by atoms with Crippen molar-refractivity contribution in [1.29, 1.82) is 0 Å².